The molecule has 1 saturated heterocycles. The molecule has 1 aliphatic rings. The molecule has 1 fully saturated rings. The standard InChI is InChI=1S/C16H21NO3/c1-10-6-11(2)14(12(3)7-10)4-5-17-9-13(16(19)20)8-15(17)18/h6-7,13H,4-5,8-9H2,1-3H3,(H,19,20). The Morgan fingerprint density at radius 2 is 1.90 bits per heavy atom. The molecule has 0 aliphatic carbocycles. The van der Waals surface area contributed by atoms with Gasteiger partial charge in [0, 0.05) is 19.5 Å². The van der Waals surface area contributed by atoms with Crippen molar-refractivity contribution < 1.29 is 14.7 Å². The molecule has 2 rings (SSSR count). The van der Waals surface area contributed by atoms with Gasteiger partial charge in [-0.2, -0.15) is 0 Å². The van der Waals surface area contributed by atoms with E-state index in [-0.39, 0.29) is 12.3 Å². The van der Waals surface area contributed by atoms with Crippen molar-refractivity contribution in [2.75, 3.05) is 13.1 Å². The summed E-state index contributed by atoms with van der Waals surface area (Å²) in [6.45, 7) is 7.19. The number of likely N-dealkylation sites (tertiary alicyclic amines) is 1. The Balaban J connectivity index is 2.03. The predicted octanol–water partition coefficient (Wildman–Crippen LogP) is 2.09. The van der Waals surface area contributed by atoms with Gasteiger partial charge in [0.05, 0.1) is 5.92 Å². The van der Waals surface area contributed by atoms with E-state index in [0.717, 1.165) is 6.42 Å². The molecule has 20 heavy (non-hydrogen) atoms. The van der Waals surface area contributed by atoms with Crippen LogP contribution >= 0.6 is 0 Å². The number of carbonyl (C=O) groups excluding carboxylic acids is 1. The number of hydrogen-bond acceptors (Lipinski definition) is 2. The molecule has 1 atom stereocenters. The van der Waals surface area contributed by atoms with Crippen LogP contribution in [-0.2, 0) is 16.0 Å². The first-order valence-electron chi connectivity index (χ1n) is 6.95. The van der Waals surface area contributed by atoms with Crippen LogP contribution in [0.3, 0.4) is 0 Å². The first-order valence-corrected chi connectivity index (χ1v) is 6.95. The molecule has 1 heterocycles. The first kappa shape index (κ1) is 14.6. The van der Waals surface area contributed by atoms with Crippen molar-refractivity contribution in [2.45, 2.75) is 33.6 Å². The van der Waals surface area contributed by atoms with Crippen LogP contribution in [0.15, 0.2) is 12.1 Å². The Labute approximate surface area is 119 Å². The highest BCUT2D eigenvalue weighted by Crippen LogP contribution is 2.21. The predicted molar refractivity (Wildman–Crippen MR) is 76.7 cm³/mol. The van der Waals surface area contributed by atoms with Gasteiger partial charge in [-0.3, -0.25) is 9.59 Å². The maximum Gasteiger partial charge on any atom is 0.308 e. The maximum absolute atomic E-state index is 11.8. The second-order valence-electron chi connectivity index (χ2n) is 5.71. The molecule has 0 radical (unpaired) electrons. The Morgan fingerprint density at radius 1 is 1.30 bits per heavy atom. The van der Waals surface area contributed by atoms with Crippen molar-refractivity contribution in [1.29, 1.82) is 0 Å². The van der Waals surface area contributed by atoms with E-state index in [0.29, 0.717) is 13.1 Å². The number of amides is 1. The zero-order valence-electron chi connectivity index (χ0n) is 12.3. The van der Waals surface area contributed by atoms with Gasteiger partial charge in [-0.05, 0) is 43.9 Å². The SMILES string of the molecule is Cc1cc(C)c(CCN2CC(C(=O)O)CC2=O)c(C)c1. The highest BCUT2D eigenvalue weighted by Gasteiger charge is 2.33. The molecule has 1 unspecified atom stereocenters. The van der Waals surface area contributed by atoms with Gasteiger partial charge in [0.25, 0.3) is 0 Å². The van der Waals surface area contributed by atoms with Crippen molar-refractivity contribution in [3.63, 3.8) is 0 Å². The lowest BCUT2D eigenvalue weighted by atomic mass is 9.97. The van der Waals surface area contributed by atoms with Crippen LogP contribution in [0, 0.1) is 26.7 Å². The molecule has 1 aliphatic heterocycles. The monoisotopic (exact) mass is 275 g/mol. The third kappa shape index (κ3) is 3.00. The maximum atomic E-state index is 11.8. The lowest BCUT2D eigenvalue weighted by molar-refractivity contribution is -0.141. The quantitative estimate of drug-likeness (QED) is 0.915. The number of carboxylic acid groups (broad SMARTS) is 1. The van der Waals surface area contributed by atoms with Crippen molar-refractivity contribution >= 4 is 11.9 Å². The van der Waals surface area contributed by atoms with E-state index < -0.39 is 11.9 Å². The van der Waals surface area contributed by atoms with Gasteiger partial charge >= 0.3 is 5.97 Å². The lowest BCUT2D eigenvalue weighted by Gasteiger charge is -2.18. The summed E-state index contributed by atoms with van der Waals surface area (Å²) < 4.78 is 0. The highest BCUT2D eigenvalue weighted by atomic mass is 16.4. The van der Waals surface area contributed by atoms with Gasteiger partial charge in [-0.1, -0.05) is 17.7 Å². The van der Waals surface area contributed by atoms with E-state index >= 15 is 0 Å². The van der Waals surface area contributed by atoms with Gasteiger partial charge in [0.1, 0.15) is 0 Å². The number of benzene rings is 1. The third-order valence-electron chi connectivity index (χ3n) is 4.04. The molecule has 0 saturated carbocycles. The second-order valence-corrected chi connectivity index (χ2v) is 5.71. The normalized spacial score (nSPS) is 18.6. The highest BCUT2D eigenvalue weighted by molar-refractivity contribution is 5.86. The van der Waals surface area contributed by atoms with E-state index in [1.54, 1.807) is 4.90 Å². The van der Waals surface area contributed by atoms with Crippen LogP contribution in [0.25, 0.3) is 0 Å². The summed E-state index contributed by atoms with van der Waals surface area (Å²) in [5.74, 6) is -1.45. The summed E-state index contributed by atoms with van der Waals surface area (Å²) in [6.07, 6.45) is 0.928. The van der Waals surface area contributed by atoms with Gasteiger partial charge < -0.3 is 10.0 Å². The van der Waals surface area contributed by atoms with Crippen molar-refractivity contribution in [2.24, 2.45) is 5.92 Å². The minimum absolute atomic E-state index is 0.0418. The summed E-state index contributed by atoms with van der Waals surface area (Å²) in [6, 6.07) is 4.29. The summed E-state index contributed by atoms with van der Waals surface area (Å²) in [7, 11) is 0. The van der Waals surface area contributed by atoms with E-state index in [1.807, 2.05) is 0 Å². The van der Waals surface area contributed by atoms with Crippen molar-refractivity contribution in [3.8, 4) is 0 Å². The molecule has 4 nitrogen and oxygen atoms in total. The van der Waals surface area contributed by atoms with Crippen LogP contribution in [-0.4, -0.2) is 35.0 Å². The Kier molecular flexibility index (Phi) is 4.12. The molecule has 0 bridgehead atoms. The van der Waals surface area contributed by atoms with Crippen LogP contribution in [0.1, 0.15) is 28.7 Å². The smallest absolute Gasteiger partial charge is 0.308 e. The van der Waals surface area contributed by atoms with Crippen molar-refractivity contribution in [1.82, 2.24) is 4.90 Å². The number of aliphatic carboxylic acids is 1. The number of carbonyl (C=O) groups is 2. The Hall–Kier alpha value is -1.84. The molecule has 4 heteroatoms. The second kappa shape index (κ2) is 5.65. The van der Waals surface area contributed by atoms with E-state index in [1.165, 1.54) is 22.3 Å². The average molecular weight is 275 g/mol. The van der Waals surface area contributed by atoms with Crippen LogP contribution < -0.4 is 0 Å². The van der Waals surface area contributed by atoms with Crippen LogP contribution in [0.2, 0.25) is 0 Å². The van der Waals surface area contributed by atoms with Crippen LogP contribution in [0.4, 0.5) is 0 Å². The van der Waals surface area contributed by atoms with Crippen LogP contribution in [0.5, 0.6) is 0 Å². The summed E-state index contributed by atoms with van der Waals surface area (Å²) in [5.41, 5.74) is 4.99. The topological polar surface area (TPSA) is 57.6 Å². The molecule has 1 N–H and O–H groups in total. The molecular formula is C16H21NO3. The molecule has 1 aromatic carbocycles. The Morgan fingerprint density at radius 3 is 2.40 bits per heavy atom. The van der Waals surface area contributed by atoms with Crippen molar-refractivity contribution in [3.05, 3.63) is 34.4 Å². The largest absolute Gasteiger partial charge is 0.481 e. The summed E-state index contributed by atoms with van der Waals surface area (Å²) in [5, 5.41) is 8.97. The molecular weight excluding hydrogens is 254 g/mol. The fourth-order valence-electron chi connectivity index (χ4n) is 3.00. The van der Waals surface area contributed by atoms with E-state index in [2.05, 4.69) is 32.9 Å². The summed E-state index contributed by atoms with van der Waals surface area (Å²) in [4.78, 5) is 24.4. The fraction of sp³-hybridized carbons (Fsp3) is 0.500. The summed E-state index contributed by atoms with van der Waals surface area (Å²) >= 11 is 0. The van der Waals surface area contributed by atoms with E-state index in [9.17, 15) is 9.59 Å². The lowest BCUT2D eigenvalue weighted by Crippen LogP contribution is -2.28. The zero-order chi connectivity index (χ0) is 14.9. The molecule has 108 valence electrons. The number of carboxylic acids is 1. The number of rotatable bonds is 4. The first-order chi connectivity index (χ1) is 9.38. The number of hydrogen-bond donors (Lipinski definition) is 1. The fourth-order valence-corrected chi connectivity index (χ4v) is 3.00. The number of aryl methyl sites for hydroxylation is 3. The molecule has 1 aromatic rings. The van der Waals surface area contributed by atoms with Gasteiger partial charge in [0.2, 0.25) is 5.91 Å². The molecule has 0 spiro atoms. The minimum Gasteiger partial charge on any atom is -0.481 e. The zero-order valence-corrected chi connectivity index (χ0v) is 12.3. The average Bonchev–Trinajstić information content (AvgIpc) is 2.70. The molecule has 1 amide bonds. The van der Waals surface area contributed by atoms with Gasteiger partial charge in [-0.25, -0.2) is 0 Å². The third-order valence-corrected chi connectivity index (χ3v) is 4.04. The van der Waals surface area contributed by atoms with Gasteiger partial charge in [0.15, 0.2) is 0 Å². The van der Waals surface area contributed by atoms with Gasteiger partial charge in [-0.15, -0.1) is 0 Å². The Bertz CT molecular complexity index is 528. The minimum atomic E-state index is -0.872. The van der Waals surface area contributed by atoms with E-state index in [4.69, 9.17) is 5.11 Å². The molecule has 0 aromatic heterocycles. The number of nitrogens with zero attached hydrogens (tertiary/aromatic N) is 1.